The second kappa shape index (κ2) is 5.03. The number of carbonyl (C=O) groups is 1. The van der Waals surface area contributed by atoms with Gasteiger partial charge in [0, 0.05) is 6.54 Å². The molecule has 0 saturated heterocycles. The number of carboxylic acid groups (broad SMARTS) is 1. The van der Waals surface area contributed by atoms with E-state index in [4.69, 9.17) is 10.8 Å². The van der Waals surface area contributed by atoms with Crippen molar-refractivity contribution in [3.8, 4) is 0 Å². The molecule has 1 heterocycles. The van der Waals surface area contributed by atoms with Crippen LogP contribution >= 0.6 is 0 Å². The first-order chi connectivity index (χ1) is 7.85. The average Bonchev–Trinajstić information content (AvgIpc) is 2.27. The van der Waals surface area contributed by atoms with E-state index in [0.717, 1.165) is 6.42 Å². The summed E-state index contributed by atoms with van der Waals surface area (Å²) < 4.78 is 0. The average molecular weight is 237 g/mol. The number of hydrogen-bond donors (Lipinski definition) is 3. The van der Waals surface area contributed by atoms with E-state index in [2.05, 4.69) is 31.1 Å². The van der Waals surface area contributed by atoms with Crippen molar-refractivity contribution in [3.05, 3.63) is 17.8 Å². The first kappa shape index (κ1) is 13.3. The minimum atomic E-state index is -1.03. The van der Waals surface area contributed by atoms with E-state index >= 15 is 0 Å². The maximum absolute atomic E-state index is 11.0. The molecule has 0 radical (unpaired) electrons. The number of nitrogens with zero attached hydrogens (tertiary/aromatic N) is 1. The van der Waals surface area contributed by atoms with E-state index in [1.807, 2.05) is 0 Å². The number of anilines is 2. The molecule has 0 aliphatic heterocycles. The first-order valence-electron chi connectivity index (χ1n) is 5.58. The van der Waals surface area contributed by atoms with Gasteiger partial charge in [-0.1, -0.05) is 20.8 Å². The fourth-order valence-corrected chi connectivity index (χ4v) is 1.23. The van der Waals surface area contributed by atoms with Crippen molar-refractivity contribution in [1.82, 2.24) is 4.98 Å². The Morgan fingerprint density at radius 2 is 2.24 bits per heavy atom. The smallest absolute Gasteiger partial charge is 0.339 e. The van der Waals surface area contributed by atoms with Crippen LogP contribution in [0.4, 0.5) is 11.5 Å². The van der Waals surface area contributed by atoms with E-state index in [9.17, 15) is 4.79 Å². The third kappa shape index (κ3) is 3.62. The molecule has 94 valence electrons. The fourth-order valence-electron chi connectivity index (χ4n) is 1.23. The summed E-state index contributed by atoms with van der Waals surface area (Å²) in [5, 5.41) is 12.1. The maximum atomic E-state index is 11.0. The summed E-state index contributed by atoms with van der Waals surface area (Å²) in [6.07, 6.45) is 2.45. The van der Waals surface area contributed by atoms with Gasteiger partial charge in [-0.05, 0) is 17.9 Å². The van der Waals surface area contributed by atoms with Crippen molar-refractivity contribution >= 4 is 17.5 Å². The van der Waals surface area contributed by atoms with E-state index in [1.54, 1.807) is 0 Å². The third-order valence-electron chi connectivity index (χ3n) is 2.83. The van der Waals surface area contributed by atoms with Crippen LogP contribution < -0.4 is 11.1 Å². The number of carboxylic acids is 1. The molecule has 1 aromatic heterocycles. The number of aromatic carboxylic acids is 1. The normalized spacial score (nSPS) is 11.2. The molecule has 1 rings (SSSR count). The Balaban J connectivity index is 2.88. The van der Waals surface area contributed by atoms with Crippen molar-refractivity contribution in [2.24, 2.45) is 5.41 Å². The molecule has 4 N–H and O–H groups in total. The molecule has 0 aliphatic carbocycles. The zero-order valence-electron chi connectivity index (χ0n) is 10.4. The van der Waals surface area contributed by atoms with Crippen molar-refractivity contribution in [3.63, 3.8) is 0 Å². The van der Waals surface area contributed by atoms with Gasteiger partial charge >= 0.3 is 5.97 Å². The van der Waals surface area contributed by atoms with E-state index < -0.39 is 5.97 Å². The zero-order valence-corrected chi connectivity index (χ0v) is 10.4. The van der Waals surface area contributed by atoms with Crippen molar-refractivity contribution in [2.45, 2.75) is 27.2 Å². The number of nitrogens with two attached hydrogens (primary N) is 1. The Kier molecular flexibility index (Phi) is 3.93. The Hall–Kier alpha value is -1.78. The Morgan fingerprint density at radius 1 is 1.59 bits per heavy atom. The van der Waals surface area contributed by atoms with Gasteiger partial charge in [0.05, 0.1) is 11.9 Å². The highest BCUT2D eigenvalue weighted by molar-refractivity contribution is 5.94. The molecule has 0 fully saturated rings. The summed E-state index contributed by atoms with van der Waals surface area (Å²) in [5.41, 5.74) is 6.07. The summed E-state index contributed by atoms with van der Waals surface area (Å²) in [5.74, 6) is -0.658. The second-order valence-electron chi connectivity index (χ2n) is 4.84. The van der Waals surface area contributed by atoms with Crippen LogP contribution in [0.5, 0.6) is 0 Å². The van der Waals surface area contributed by atoms with Crippen LogP contribution in [0, 0.1) is 5.41 Å². The SMILES string of the molecule is CCC(C)(C)CNc1ncc(N)cc1C(=O)O. The summed E-state index contributed by atoms with van der Waals surface area (Å²) >= 11 is 0. The predicted octanol–water partition coefficient (Wildman–Crippen LogP) is 2.21. The van der Waals surface area contributed by atoms with Gasteiger partial charge in [0.2, 0.25) is 0 Å². The van der Waals surface area contributed by atoms with E-state index in [0.29, 0.717) is 18.1 Å². The van der Waals surface area contributed by atoms with Crippen LogP contribution in [0.15, 0.2) is 12.3 Å². The van der Waals surface area contributed by atoms with Gasteiger partial charge in [0.1, 0.15) is 11.4 Å². The van der Waals surface area contributed by atoms with Crippen LogP contribution in [-0.4, -0.2) is 22.6 Å². The fraction of sp³-hybridized carbons (Fsp3) is 0.500. The molecule has 0 atom stereocenters. The van der Waals surface area contributed by atoms with Crippen LogP contribution in [0.2, 0.25) is 0 Å². The lowest BCUT2D eigenvalue weighted by molar-refractivity contribution is 0.0697. The lowest BCUT2D eigenvalue weighted by Gasteiger charge is -2.23. The lowest BCUT2D eigenvalue weighted by atomic mass is 9.90. The molecule has 1 aromatic rings. The summed E-state index contributed by atoms with van der Waals surface area (Å²) in [6, 6.07) is 1.41. The number of pyridine rings is 1. The number of rotatable bonds is 5. The van der Waals surface area contributed by atoms with Gasteiger partial charge in [-0.2, -0.15) is 0 Å². The minimum absolute atomic E-state index is 0.0961. The van der Waals surface area contributed by atoms with Gasteiger partial charge in [0.15, 0.2) is 0 Å². The monoisotopic (exact) mass is 237 g/mol. The van der Waals surface area contributed by atoms with E-state index in [-0.39, 0.29) is 11.0 Å². The molecule has 5 heteroatoms. The van der Waals surface area contributed by atoms with Crippen LogP contribution in [-0.2, 0) is 0 Å². The third-order valence-corrected chi connectivity index (χ3v) is 2.83. The lowest BCUT2D eigenvalue weighted by Crippen LogP contribution is -2.23. The molecule has 0 saturated carbocycles. The van der Waals surface area contributed by atoms with Crippen LogP contribution in [0.25, 0.3) is 0 Å². The summed E-state index contributed by atoms with van der Waals surface area (Å²) in [4.78, 5) is 15.1. The zero-order chi connectivity index (χ0) is 13.1. The molecule has 0 spiro atoms. The molecule has 0 aliphatic rings. The number of nitrogen functional groups attached to an aromatic ring is 1. The topological polar surface area (TPSA) is 88.2 Å². The highest BCUT2D eigenvalue weighted by Gasteiger charge is 2.17. The van der Waals surface area contributed by atoms with Gasteiger partial charge in [-0.15, -0.1) is 0 Å². The summed E-state index contributed by atoms with van der Waals surface area (Å²) in [6.45, 7) is 6.98. The summed E-state index contributed by atoms with van der Waals surface area (Å²) in [7, 11) is 0. The van der Waals surface area contributed by atoms with Crippen LogP contribution in [0.1, 0.15) is 37.6 Å². The number of aromatic nitrogens is 1. The highest BCUT2D eigenvalue weighted by atomic mass is 16.4. The molecular formula is C12H19N3O2. The number of hydrogen-bond acceptors (Lipinski definition) is 4. The highest BCUT2D eigenvalue weighted by Crippen LogP contribution is 2.22. The Morgan fingerprint density at radius 3 is 2.76 bits per heavy atom. The van der Waals surface area contributed by atoms with Crippen LogP contribution in [0.3, 0.4) is 0 Å². The van der Waals surface area contributed by atoms with E-state index in [1.165, 1.54) is 12.3 Å². The standard InChI is InChI=1S/C12H19N3O2/c1-4-12(2,3)7-15-10-9(11(16)17)5-8(13)6-14-10/h5-6H,4,7,13H2,1-3H3,(H,14,15)(H,16,17). The predicted molar refractivity (Wildman–Crippen MR) is 68.2 cm³/mol. The maximum Gasteiger partial charge on any atom is 0.339 e. The molecule has 0 bridgehead atoms. The van der Waals surface area contributed by atoms with Crippen molar-refractivity contribution < 1.29 is 9.90 Å². The van der Waals surface area contributed by atoms with Gasteiger partial charge in [0.25, 0.3) is 0 Å². The first-order valence-corrected chi connectivity index (χ1v) is 5.58. The quantitative estimate of drug-likeness (QED) is 0.730. The van der Waals surface area contributed by atoms with Crippen molar-refractivity contribution in [2.75, 3.05) is 17.6 Å². The Bertz CT molecular complexity index is 416. The number of nitrogens with one attached hydrogen (secondary N) is 1. The Labute approximate surface area is 101 Å². The largest absolute Gasteiger partial charge is 0.478 e. The molecule has 0 aromatic carbocycles. The molecule has 17 heavy (non-hydrogen) atoms. The molecule has 0 amide bonds. The molecule has 5 nitrogen and oxygen atoms in total. The van der Waals surface area contributed by atoms with Crippen molar-refractivity contribution in [1.29, 1.82) is 0 Å². The van der Waals surface area contributed by atoms with Gasteiger partial charge < -0.3 is 16.2 Å². The second-order valence-corrected chi connectivity index (χ2v) is 4.84. The van der Waals surface area contributed by atoms with Gasteiger partial charge in [-0.25, -0.2) is 9.78 Å². The van der Waals surface area contributed by atoms with Gasteiger partial charge in [-0.3, -0.25) is 0 Å². The minimum Gasteiger partial charge on any atom is -0.478 e. The molecular weight excluding hydrogens is 218 g/mol. The molecule has 0 unspecified atom stereocenters.